The van der Waals surface area contributed by atoms with Crippen LogP contribution in [0.5, 0.6) is 0 Å². The molecule has 10 heteroatoms. The third-order valence-corrected chi connectivity index (χ3v) is 7.01. The normalized spacial score (nSPS) is 22.3. The van der Waals surface area contributed by atoms with Gasteiger partial charge in [0.15, 0.2) is 0 Å². The fourth-order valence-corrected chi connectivity index (χ4v) is 5.11. The number of hydrogen-bond donors (Lipinski definition) is 1. The highest BCUT2D eigenvalue weighted by Gasteiger charge is 2.36. The molecular formula is C17H24ClF2N3O3S. The molecular weight excluding hydrogens is 400 g/mol. The van der Waals surface area contributed by atoms with Crippen LogP contribution in [0, 0.1) is 17.6 Å². The standard InChI is InChI=1S/C17H23F2N3O3S.ClH/c1-12-11-20-6-9-22(12)17(23)13-4-7-21(8-5-13)26(24,25)16-10-14(18)2-3-15(16)19;/h2-3,10,12-13,20H,4-9,11H2,1H3;1H/t12-;/m1./s1. The van der Waals surface area contributed by atoms with Gasteiger partial charge in [0.25, 0.3) is 0 Å². The Hall–Kier alpha value is -1.29. The number of carbonyl (C=O) groups is 1. The molecule has 2 heterocycles. The average Bonchev–Trinajstić information content (AvgIpc) is 2.63. The predicted molar refractivity (Wildman–Crippen MR) is 99.1 cm³/mol. The molecule has 1 atom stereocenters. The number of sulfonamides is 1. The van der Waals surface area contributed by atoms with Gasteiger partial charge in [-0.25, -0.2) is 17.2 Å². The van der Waals surface area contributed by atoms with Crippen molar-refractivity contribution in [2.45, 2.75) is 30.7 Å². The Bertz CT molecular complexity index is 786. The van der Waals surface area contributed by atoms with Crippen LogP contribution < -0.4 is 5.32 Å². The Balaban J connectivity index is 0.00000261. The van der Waals surface area contributed by atoms with Crippen LogP contribution in [-0.4, -0.2) is 62.3 Å². The fourth-order valence-electron chi connectivity index (χ4n) is 3.56. The summed E-state index contributed by atoms with van der Waals surface area (Å²) < 4.78 is 53.6. The average molecular weight is 424 g/mol. The van der Waals surface area contributed by atoms with Crippen molar-refractivity contribution in [2.75, 3.05) is 32.7 Å². The van der Waals surface area contributed by atoms with E-state index >= 15 is 0 Å². The van der Waals surface area contributed by atoms with Crippen LogP contribution in [-0.2, 0) is 14.8 Å². The third kappa shape index (κ3) is 4.59. The maximum Gasteiger partial charge on any atom is 0.246 e. The highest BCUT2D eigenvalue weighted by Crippen LogP contribution is 2.27. The predicted octanol–water partition coefficient (Wildman–Crippen LogP) is 1.61. The van der Waals surface area contributed by atoms with E-state index in [9.17, 15) is 22.0 Å². The van der Waals surface area contributed by atoms with Crippen molar-refractivity contribution >= 4 is 28.3 Å². The van der Waals surface area contributed by atoms with Crippen LogP contribution in [0.3, 0.4) is 0 Å². The third-order valence-electron chi connectivity index (χ3n) is 5.10. The molecule has 2 saturated heterocycles. The largest absolute Gasteiger partial charge is 0.337 e. The van der Waals surface area contributed by atoms with Gasteiger partial charge in [-0.2, -0.15) is 4.31 Å². The van der Waals surface area contributed by atoms with Gasteiger partial charge < -0.3 is 10.2 Å². The molecule has 1 amide bonds. The summed E-state index contributed by atoms with van der Waals surface area (Å²) in [4.78, 5) is 13.9. The van der Waals surface area contributed by atoms with Crippen LogP contribution in [0.15, 0.2) is 23.1 Å². The second-order valence-electron chi connectivity index (χ2n) is 6.84. The van der Waals surface area contributed by atoms with E-state index < -0.39 is 26.6 Å². The van der Waals surface area contributed by atoms with Crippen LogP contribution in [0.1, 0.15) is 19.8 Å². The van der Waals surface area contributed by atoms with Crippen LogP contribution in [0.25, 0.3) is 0 Å². The lowest BCUT2D eigenvalue weighted by Gasteiger charge is -2.38. The molecule has 0 aromatic heterocycles. The number of piperazine rings is 1. The topological polar surface area (TPSA) is 69.7 Å². The lowest BCUT2D eigenvalue weighted by atomic mass is 9.95. The smallest absolute Gasteiger partial charge is 0.246 e. The lowest BCUT2D eigenvalue weighted by Crippen LogP contribution is -2.55. The highest BCUT2D eigenvalue weighted by molar-refractivity contribution is 7.89. The number of nitrogens with zero attached hydrogens (tertiary/aromatic N) is 2. The highest BCUT2D eigenvalue weighted by atomic mass is 35.5. The Kier molecular flexibility index (Phi) is 7.18. The zero-order valence-corrected chi connectivity index (χ0v) is 16.7. The summed E-state index contributed by atoms with van der Waals surface area (Å²) in [5.74, 6) is -1.96. The summed E-state index contributed by atoms with van der Waals surface area (Å²) >= 11 is 0. The van der Waals surface area contributed by atoms with Crippen molar-refractivity contribution in [3.63, 3.8) is 0 Å². The molecule has 6 nitrogen and oxygen atoms in total. The van der Waals surface area contributed by atoms with Gasteiger partial charge in [-0.1, -0.05) is 0 Å². The van der Waals surface area contributed by atoms with Crippen molar-refractivity contribution in [1.29, 1.82) is 0 Å². The van der Waals surface area contributed by atoms with E-state index in [0.29, 0.717) is 25.5 Å². The molecule has 2 aliphatic rings. The molecule has 1 N–H and O–H groups in total. The lowest BCUT2D eigenvalue weighted by molar-refractivity contribution is -0.139. The summed E-state index contributed by atoms with van der Waals surface area (Å²) in [6.07, 6.45) is 0.761. The number of piperidine rings is 1. The molecule has 0 unspecified atom stereocenters. The van der Waals surface area contributed by atoms with E-state index in [1.165, 1.54) is 0 Å². The number of carbonyl (C=O) groups excluding carboxylic acids is 1. The number of benzene rings is 1. The van der Waals surface area contributed by atoms with Gasteiger partial charge in [-0.3, -0.25) is 4.79 Å². The van der Waals surface area contributed by atoms with Crippen molar-refractivity contribution in [3.8, 4) is 0 Å². The van der Waals surface area contributed by atoms with Crippen LogP contribution >= 0.6 is 12.4 Å². The second-order valence-corrected chi connectivity index (χ2v) is 8.74. The summed E-state index contributed by atoms with van der Waals surface area (Å²) in [6.45, 7) is 4.37. The van der Waals surface area contributed by atoms with Gasteiger partial charge in [0.2, 0.25) is 15.9 Å². The monoisotopic (exact) mass is 423 g/mol. The SMILES string of the molecule is C[C@@H]1CNCCN1C(=O)C1CCN(S(=O)(=O)c2cc(F)ccc2F)CC1.Cl. The molecule has 0 bridgehead atoms. The summed E-state index contributed by atoms with van der Waals surface area (Å²) in [6, 6.07) is 2.50. The van der Waals surface area contributed by atoms with Gasteiger partial charge in [-0.15, -0.1) is 12.4 Å². The molecule has 0 spiro atoms. The Morgan fingerprint density at radius 3 is 2.48 bits per heavy atom. The minimum Gasteiger partial charge on any atom is -0.337 e. The van der Waals surface area contributed by atoms with Gasteiger partial charge in [0.05, 0.1) is 0 Å². The van der Waals surface area contributed by atoms with E-state index in [0.717, 1.165) is 29.5 Å². The van der Waals surface area contributed by atoms with Crippen molar-refractivity contribution in [2.24, 2.45) is 5.92 Å². The maximum atomic E-state index is 13.9. The van der Waals surface area contributed by atoms with Gasteiger partial charge in [0, 0.05) is 44.7 Å². The Morgan fingerprint density at radius 1 is 1.19 bits per heavy atom. The summed E-state index contributed by atoms with van der Waals surface area (Å²) in [7, 11) is -4.12. The van der Waals surface area contributed by atoms with E-state index in [2.05, 4.69) is 5.32 Å². The molecule has 3 rings (SSSR count). The molecule has 0 saturated carbocycles. The minimum atomic E-state index is -4.12. The van der Waals surface area contributed by atoms with E-state index in [-0.39, 0.29) is 43.4 Å². The molecule has 27 heavy (non-hydrogen) atoms. The van der Waals surface area contributed by atoms with Crippen molar-refractivity contribution in [1.82, 2.24) is 14.5 Å². The van der Waals surface area contributed by atoms with Gasteiger partial charge in [-0.05, 0) is 38.0 Å². The molecule has 2 aliphatic heterocycles. The van der Waals surface area contributed by atoms with Gasteiger partial charge in [0.1, 0.15) is 16.5 Å². The van der Waals surface area contributed by atoms with Crippen LogP contribution in [0.4, 0.5) is 8.78 Å². The molecule has 1 aromatic carbocycles. The second kappa shape index (κ2) is 8.81. The van der Waals surface area contributed by atoms with E-state index in [1.807, 2.05) is 11.8 Å². The molecule has 0 radical (unpaired) electrons. The molecule has 152 valence electrons. The molecule has 1 aromatic rings. The van der Waals surface area contributed by atoms with E-state index in [1.54, 1.807) is 0 Å². The van der Waals surface area contributed by atoms with E-state index in [4.69, 9.17) is 0 Å². The first-order chi connectivity index (χ1) is 12.3. The van der Waals surface area contributed by atoms with Crippen molar-refractivity contribution < 1.29 is 22.0 Å². The first kappa shape index (κ1) is 22.0. The van der Waals surface area contributed by atoms with Crippen LogP contribution in [0.2, 0.25) is 0 Å². The number of halogens is 3. The zero-order chi connectivity index (χ0) is 18.9. The fraction of sp³-hybridized carbons (Fsp3) is 0.588. The number of hydrogen-bond acceptors (Lipinski definition) is 4. The number of rotatable bonds is 3. The molecule has 0 aliphatic carbocycles. The minimum absolute atomic E-state index is 0. The zero-order valence-electron chi connectivity index (χ0n) is 15.0. The summed E-state index contributed by atoms with van der Waals surface area (Å²) in [5, 5.41) is 3.23. The first-order valence-corrected chi connectivity index (χ1v) is 10.2. The number of nitrogens with one attached hydrogen (secondary N) is 1. The Labute approximate surface area is 164 Å². The number of amides is 1. The first-order valence-electron chi connectivity index (χ1n) is 8.77. The Morgan fingerprint density at radius 2 is 1.85 bits per heavy atom. The summed E-state index contributed by atoms with van der Waals surface area (Å²) in [5.41, 5.74) is 0. The van der Waals surface area contributed by atoms with Crippen molar-refractivity contribution in [3.05, 3.63) is 29.8 Å². The van der Waals surface area contributed by atoms with Gasteiger partial charge >= 0.3 is 0 Å². The quantitative estimate of drug-likeness (QED) is 0.801. The maximum absolute atomic E-state index is 13.9. The molecule has 2 fully saturated rings.